The van der Waals surface area contributed by atoms with E-state index in [4.69, 9.17) is 9.53 Å². The van der Waals surface area contributed by atoms with Gasteiger partial charge in [-0.25, -0.2) is 4.39 Å². The van der Waals surface area contributed by atoms with Crippen molar-refractivity contribution in [2.24, 2.45) is 5.92 Å². The molecule has 0 saturated heterocycles. The number of hydrogen-bond acceptors (Lipinski definition) is 4. The fourth-order valence-electron chi connectivity index (χ4n) is 5.01. The smallest absolute Gasteiger partial charge is 0.313 e. The second-order valence-corrected chi connectivity index (χ2v) is 9.92. The van der Waals surface area contributed by atoms with Crippen molar-refractivity contribution in [3.63, 3.8) is 0 Å². The van der Waals surface area contributed by atoms with Gasteiger partial charge in [-0.3, -0.25) is 4.79 Å². The van der Waals surface area contributed by atoms with Crippen LogP contribution >= 0.6 is 0 Å². The summed E-state index contributed by atoms with van der Waals surface area (Å²) >= 11 is 0. The first-order valence-corrected chi connectivity index (χ1v) is 12.0. The summed E-state index contributed by atoms with van der Waals surface area (Å²) in [5.74, 6) is -0.125. The van der Waals surface area contributed by atoms with E-state index in [0.717, 1.165) is 43.2 Å². The van der Waals surface area contributed by atoms with Crippen LogP contribution < -0.4 is 4.74 Å². The molecular formula is C28H35FO5. The Morgan fingerprint density at radius 2 is 1.85 bits per heavy atom. The van der Waals surface area contributed by atoms with E-state index in [1.54, 1.807) is 26.0 Å². The van der Waals surface area contributed by atoms with Gasteiger partial charge < -0.3 is 19.7 Å². The summed E-state index contributed by atoms with van der Waals surface area (Å²) in [6.07, 6.45) is 4.75. The Hall–Kier alpha value is -2.73. The predicted octanol–water partition coefficient (Wildman–Crippen LogP) is 5.87. The van der Waals surface area contributed by atoms with E-state index in [9.17, 15) is 19.4 Å². The molecule has 0 heterocycles. The topological polar surface area (TPSA) is 83.8 Å². The molecule has 0 bridgehead atoms. The van der Waals surface area contributed by atoms with Crippen molar-refractivity contribution in [1.82, 2.24) is 0 Å². The average molecular weight is 471 g/mol. The standard InChI is InChI=1S/C27H33FO4.CH2O/c1-4-16-13-19(15-23(16)29)32-24-12-11-18(27(2,3)26(30)31)14-21(24)20-9-6-10-22(28)25(20)17-7-5-8-17;1-2/h6,9-12,14,16-17,19,23,29H,4-5,7-8,13,15H2,1-3H3,(H,30,31);1H2/t16-,19-,23+;/m0./s1. The summed E-state index contributed by atoms with van der Waals surface area (Å²) in [7, 11) is 0. The highest BCUT2D eigenvalue weighted by atomic mass is 19.1. The minimum atomic E-state index is -1.09. The van der Waals surface area contributed by atoms with Crippen LogP contribution in [0.25, 0.3) is 11.1 Å². The van der Waals surface area contributed by atoms with Gasteiger partial charge in [0.05, 0.1) is 11.5 Å². The zero-order valence-electron chi connectivity index (χ0n) is 20.2. The van der Waals surface area contributed by atoms with Crippen LogP contribution in [0, 0.1) is 11.7 Å². The lowest BCUT2D eigenvalue weighted by Crippen LogP contribution is -2.28. The molecule has 0 aromatic heterocycles. The molecule has 2 N–H and O–H groups in total. The molecule has 2 aromatic carbocycles. The lowest BCUT2D eigenvalue weighted by atomic mass is 9.76. The van der Waals surface area contributed by atoms with Crippen LogP contribution in [0.15, 0.2) is 36.4 Å². The molecule has 2 aliphatic rings. The average Bonchev–Trinajstić information content (AvgIpc) is 3.14. The zero-order chi connectivity index (χ0) is 25.0. The van der Waals surface area contributed by atoms with Crippen LogP contribution in [0.2, 0.25) is 0 Å². The van der Waals surface area contributed by atoms with Gasteiger partial charge in [0.25, 0.3) is 0 Å². The third-order valence-corrected chi connectivity index (χ3v) is 7.52. The summed E-state index contributed by atoms with van der Waals surface area (Å²) < 4.78 is 21.4. The van der Waals surface area contributed by atoms with Crippen molar-refractivity contribution in [3.05, 3.63) is 53.3 Å². The van der Waals surface area contributed by atoms with Crippen LogP contribution in [-0.4, -0.2) is 35.2 Å². The van der Waals surface area contributed by atoms with E-state index in [2.05, 4.69) is 6.92 Å². The van der Waals surface area contributed by atoms with Gasteiger partial charge in [0, 0.05) is 12.0 Å². The number of aliphatic hydroxyl groups is 1. The molecule has 5 nitrogen and oxygen atoms in total. The van der Waals surface area contributed by atoms with E-state index < -0.39 is 11.4 Å². The first-order valence-electron chi connectivity index (χ1n) is 12.0. The third-order valence-electron chi connectivity index (χ3n) is 7.52. The molecule has 0 unspecified atom stereocenters. The highest BCUT2D eigenvalue weighted by Gasteiger charge is 2.35. The fraction of sp³-hybridized carbons (Fsp3) is 0.500. The number of halogens is 1. The number of ether oxygens (including phenoxy) is 1. The Balaban J connectivity index is 0.00000158. The molecule has 184 valence electrons. The SMILES string of the molecule is C=O.CC[C@H]1C[C@H](Oc2ccc(C(C)(C)C(=O)O)cc2-c2cccc(F)c2C2CCC2)C[C@H]1O. The molecule has 0 radical (unpaired) electrons. The number of aliphatic carboxylic acids is 1. The predicted molar refractivity (Wildman–Crippen MR) is 130 cm³/mol. The Morgan fingerprint density at radius 3 is 2.41 bits per heavy atom. The number of benzene rings is 2. The lowest BCUT2D eigenvalue weighted by Gasteiger charge is -2.30. The summed E-state index contributed by atoms with van der Waals surface area (Å²) in [5, 5.41) is 20.1. The van der Waals surface area contributed by atoms with Crippen LogP contribution in [0.3, 0.4) is 0 Å². The molecule has 0 aliphatic heterocycles. The molecule has 34 heavy (non-hydrogen) atoms. The molecule has 2 saturated carbocycles. The van der Waals surface area contributed by atoms with Gasteiger partial charge in [-0.2, -0.15) is 0 Å². The fourth-order valence-corrected chi connectivity index (χ4v) is 5.01. The number of aliphatic hydroxyl groups excluding tert-OH is 1. The van der Waals surface area contributed by atoms with Gasteiger partial charge in [-0.1, -0.05) is 38.0 Å². The number of carbonyl (C=O) groups excluding carboxylic acids is 1. The molecule has 0 amide bonds. The Kier molecular flexibility index (Phi) is 8.13. The third kappa shape index (κ3) is 5.02. The van der Waals surface area contributed by atoms with Gasteiger partial charge >= 0.3 is 5.97 Å². The van der Waals surface area contributed by atoms with Crippen molar-refractivity contribution in [3.8, 4) is 16.9 Å². The first-order chi connectivity index (χ1) is 16.2. The zero-order valence-corrected chi connectivity index (χ0v) is 20.2. The maximum absolute atomic E-state index is 15.0. The normalized spacial score (nSPS) is 22.4. The van der Waals surface area contributed by atoms with E-state index in [-0.39, 0.29) is 29.9 Å². The molecule has 2 fully saturated rings. The highest BCUT2D eigenvalue weighted by molar-refractivity contribution is 5.83. The van der Waals surface area contributed by atoms with E-state index in [1.807, 2.05) is 25.0 Å². The molecule has 0 spiro atoms. The maximum atomic E-state index is 15.0. The Morgan fingerprint density at radius 1 is 1.15 bits per heavy atom. The van der Waals surface area contributed by atoms with Gasteiger partial charge in [-0.15, -0.1) is 0 Å². The quantitative estimate of drug-likeness (QED) is 0.529. The molecule has 2 aromatic rings. The number of hydrogen-bond donors (Lipinski definition) is 2. The van der Waals surface area contributed by atoms with E-state index >= 15 is 0 Å². The number of carboxylic acids is 1. The summed E-state index contributed by atoms with van der Waals surface area (Å²) in [5.41, 5.74) is 1.76. The highest BCUT2D eigenvalue weighted by Crippen LogP contribution is 2.46. The number of carbonyl (C=O) groups is 2. The minimum Gasteiger partial charge on any atom is -0.490 e. The van der Waals surface area contributed by atoms with Crippen LogP contribution in [0.1, 0.15) is 76.3 Å². The summed E-state index contributed by atoms with van der Waals surface area (Å²) in [6.45, 7) is 7.42. The summed E-state index contributed by atoms with van der Waals surface area (Å²) in [6, 6.07) is 10.6. The Bertz CT molecular complexity index is 1010. The minimum absolute atomic E-state index is 0.118. The van der Waals surface area contributed by atoms with Crippen LogP contribution in [0.5, 0.6) is 5.75 Å². The first kappa shape index (κ1) is 25.9. The lowest BCUT2D eigenvalue weighted by molar-refractivity contribution is -0.142. The summed E-state index contributed by atoms with van der Waals surface area (Å²) in [4.78, 5) is 19.9. The number of carboxylic acid groups (broad SMARTS) is 1. The molecule has 2 aliphatic carbocycles. The molecule has 6 heteroatoms. The van der Waals surface area contributed by atoms with Gasteiger partial charge in [0.15, 0.2) is 0 Å². The molecular weight excluding hydrogens is 435 g/mol. The van der Waals surface area contributed by atoms with Gasteiger partial charge in [0.2, 0.25) is 0 Å². The monoisotopic (exact) mass is 470 g/mol. The van der Waals surface area contributed by atoms with Crippen LogP contribution in [0.4, 0.5) is 4.39 Å². The van der Waals surface area contributed by atoms with Gasteiger partial charge in [-0.05, 0) is 79.8 Å². The second kappa shape index (κ2) is 10.7. The van der Waals surface area contributed by atoms with Crippen molar-refractivity contribution < 1.29 is 28.9 Å². The van der Waals surface area contributed by atoms with E-state index in [0.29, 0.717) is 23.3 Å². The number of rotatable bonds is 7. The second-order valence-electron chi connectivity index (χ2n) is 9.92. The van der Waals surface area contributed by atoms with Crippen molar-refractivity contribution in [2.75, 3.05) is 0 Å². The van der Waals surface area contributed by atoms with E-state index in [1.165, 1.54) is 6.07 Å². The van der Waals surface area contributed by atoms with Crippen molar-refractivity contribution >= 4 is 12.8 Å². The van der Waals surface area contributed by atoms with Crippen molar-refractivity contribution in [2.45, 2.75) is 82.8 Å². The maximum Gasteiger partial charge on any atom is 0.313 e. The van der Waals surface area contributed by atoms with Gasteiger partial charge in [0.1, 0.15) is 24.5 Å². The van der Waals surface area contributed by atoms with Crippen LogP contribution in [-0.2, 0) is 15.0 Å². The largest absolute Gasteiger partial charge is 0.490 e. The van der Waals surface area contributed by atoms with Crippen molar-refractivity contribution in [1.29, 1.82) is 0 Å². The Labute approximate surface area is 201 Å². The molecule has 3 atom stereocenters. The molecule has 4 rings (SSSR count).